The van der Waals surface area contributed by atoms with E-state index in [1.165, 1.54) is 13.2 Å². The topological polar surface area (TPSA) is 98.5 Å². The van der Waals surface area contributed by atoms with Gasteiger partial charge in [-0.3, -0.25) is 10.1 Å². The zero-order chi connectivity index (χ0) is 14.8. The van der Waals surface area contributed by atoms with Gasteiger partial charge in [-0.1, -0.05) is 0 Å². The van der Waals surface area contributed by atoms with E-state index >= 15 is 0 Å². The van der Waals surface area contributed by atoms with Gasteiger partial charge >= 0.3 is 0 Å². The molecule has 0 atom stereocenters. The van der Waals surface area contributed by atoms with Crippen molar-refractivity contribution in [2.24, 2.45) is 0 Å². The highest BCUT2D eigenvalue weighted by Crippen LogP contribution is 2.28. The highest BCUT2D eigenvalue weighted by Gasteiger charge is 2.29. The van der Waals surface area contributed by atoms with Crippen molar-refractivity contribution in [3.8, 4) is 5.75 Å². The summed E-state index contributed by atoms with van der Waals surface area (Å²) in [4.78, 5) is 9.83. The second-order valence-electron chi connectivity index (χ2n) is 4.95. The summed E-state index contributed by atoms with van der Waals surface area (Å²) < 4.78 is 31.5. The molecule has 7 nitrogen and oxygen atoms in total. The Morgan fingerprint density at radius 1 is 1.32 bits per heavy atom. The lowest BCUT2D eigenvalue weighted by atomic mass is 10.1. The number of methoxy groups -OCH3 is 1. The van der Waals surface area contributed by atoms with Crippen molar-refractivity contribution in [2.75, 3.05) is 7.11 Å². The number of ether oxygens (including phenoxy) is 1. The van der Waals surface area contributed by atoms with Crippen LogP contribution in [0.2, 0.25) is 0 Å². The minimum absolute atomic E-state index is 0.224. The fourth-order valence-electron chi connectivity index (χ4n) is 1.45. The van der Waals surface area contributed by atoms with Crippen LogP contribution in [-0.2, 0) is 10.0 Å². The minimum atomic E-state index is -3.97. The van der Waals surface area contributed by atoms with Crippen LogP contribution in [0.1, 0.15) is 20.8 Å². The maximum atomic E-state index is 12.1. The molecule has 1 aromatic carbocycles. The number of nitro groups is 1. The van der Waals surface area contributed by atoms with Gasteiger partial charge in [-0.15, -0.1) is 0 Å². The second kappa shape index (κ2) is 5.14. The Hall–Kier alpha value is -1.67. The zero-order valence-corrected chi connectivity index (χ0v) is 11.9. The molecule has 1 N–H and O–H groups in total. The van der Waals surface area contributed by atoms with Crippen LogP contribution in [0.15, 0.2) is 23.1 Å². The molecule has 19 heavy (non-hydrogen) atoms. The standard InChI is InChI=1S/C11H16N2O5S/c1-11(2,3)12-19(16,17)10-6-5-8(18-4)7-9(10)13(14)15/h5-7,12H,1-4H3. The lowest BCUT2D eigenvalue weighted by Gasteiger charge is -2.20. The molecule has 0 aliphatic heterocycles. The molecule has 0 aliphatic rings. The SMILES string of the molecule is COc1ccc(S(=O)(=O)NC(C)(C)C)c([N+](=O)[O-])c1. The summed E-state index contributed by atoms with van der Waals surface area (Å²) in [5.74, 6) is 0.224. The Labute approximate surface area is 111 Å². The fourth-order valence-corrected chi connectivity index (χ4v) is 3.02. The van der Waals surface area contributed by atoms with Gasteiger partial charge in [0, 0.05) is 5.54 Å². The van der Waals surface area contributed by atoms with Crippen molar-refractivity contribution >= 4 is 15.7 Å². The number of nitrogens with zero attached hydrogens (tertiary/aromatic N) is 1. The Kier molecular flexibility index (Phi) is 4.16. The molecule has 0 saturated carbocycles. The normalized spacial score (nSPS) is 12.2. The zero-order valence-electron chi connectivity index (χ0n) is 11.1. The van der Waals surface area contributed by atoms with E-state index in [-0.39, 0.29) is 10.6 Å². The van der Waals surface area contributed by atoms with Crippen LogP contribution < -0.4 is 9.46 Å². The van der Waals surface area contributed by atoms with Crippen LogP contribution in [0.25, 0.3) is 0 Å². The van der Waals surface area contributed by atoms with E-state index in [0.717, 1.165) is 12.1 Å². The van der Waals surface area contributed by atoms with E-state index in [1.807, 2.05) is 0 Å². The summed E-state index contributed by atoms with van der Waals surface area (Å²) in [6.45, 7) is 4.96. The lowest BCUT2D eigenvalue weighted by molar-refractivity contribution is -0.387. The predicted octanol–water partition coefficient (Wildman–Crippen LogP) is 1.68. The van der Waals surface area contributed by atoms with Gasteiger partial charge in [0.1, 0.15) is 5.75 Å². The van der Waals surface area contributed by atoms with E-state index in [4.69, 9.17) is 4.74 Å². The molecule has 0 bridgehead atoms. The van der Waals surface area contributed by atoms with Gasteiger partial charge in [-0.25, -0.2) is 13.1 Å². The molecule has 106 valence electrons. The Bertz CT molecular complexity index is 590. The van der Waals surface area contributed by atoms with Gasteiger partial charge in [-0.05, 0) is 32.9 Å². The van der Waals surface area contributed by atoms with Gasteiger partial charge < -0.3 is 4.74 Å². The summed E-state index contributed by atoms with van der Waals surface area (Å²) >= 11 is 0. The van der Waals surface area contributed by atoms with Crippen LogP contribution >= 0.6 is 0 Å². The lowest BCUT2D eigenvalue weighted by Crippen LogP contribution is -2.40. The Morgan fingerprint density at radius 3 is 2.32 bits per heavy atom. The minimum Gasteiger partial charge on any atom is -0.497 e. The van der Waals surface area contributed by atoms with Crippen LogP contribution in [0, 0.1) is 10.1 Å². The summed E-state index contributed by atoms with van der Waals surface area (Å²) in [6, 6.07) is 3.60. The number of rotatable bonds is 4. The second-order valence-corrected chi connectivity index (χ2v) is 6.60. The summed E-state index contributed by atoms with van der Waals surface area (Å²) in [7, 11) is -2.62. The Morgan fingerprint density at radius 2 is 1.89 bits per heavy atom. The smallest absolute Gasteiger partial charge is 0.293 e. The number of nitro benzene ring substituents is 1. The maximum absolute atomic E-state index is 12.1. The molecule has 1 aromatic rings. The number of sulfonamides is 1. The van der Waals surface area contributed by atoms with Gasteiger partial charge in [-0.2, -0.15) is 0 Å². The summed E-state index contributed by atoms with van der Waals surface area (Å²) in [5.41, 5.74) is -1.25. The monoisotopic (exact) mass is 288 g/mol. The largest absolute Gasteiger partial charge is 0.497 e. The first kappa shape index (κ1) is 15.4. The van der Waals surface area contributed by atoms with Crippen molar-refractivity contribution in [2.45, 2.75) is 31.2 Å². The molecule has 0 aliphatic carbocycles. The van der Waals surface area contributed by atoms with Crippen molar-refractivity contribution < 1.29 is 18.1 Å². The van der Waals surface area contributed by atoms with Crippen LogP contribution in [-0.4, -0.2) is 26.0 Å². The molecular formula is C11H16N2O5S. The molecular weight excluding hydrogens is 272 g/mol. The predicted molar refractivity (Wildman–Crippen MR) is 69.7 cm³/mol. The molecule has 8 heteroatoms. The average molecular weight is 288 g/mol. The molecule has 0 unspecified atom stereocenters. The highest BCUT2D eigenvalue weighted by atomic mass is 32.2. The van der Waals surface area contributed by atoms with Gasteiger partial charge in [0.15, 0.2) is 4.90 Å². The molecule has 1 rings (SSSR count). The molecule has 0 fully saturated rings. The number of hydrogen-bond donors (Lipinski definition) is 1. The first-order valence-electron chi connectivity index (χ1n) is 5.43. The molecule has 0 spiro atoms. The number of nitrogens with one attached hydrogen (secondary N) is 1. The van der Waals surface area contributed by atoms with Gasteiger partial charge in [0.25, 0.3) is 5.69 Å². The highest BCUT2D eigenvalue weighted by molar-refractivity contribution is 7.89. The third-order valence-electron chi connectivity index (χ3n) is 2.09. The third kappa shape index (κ3) is 3.90. The quantitative estimate of drug-likeness (QED) is 0.671. The molecule has 0 radical (unpaired) electrons. The van der Waals surface area contributed by atoms with Crippen molar-refractivity contribution in [1.29, 1.82) is 0 Å². The summed E-state index contributed by atoms with van der Waals surface area (Å²) in [5, 5.41) is 11.0. The van der Waals surface area contributed by atoms with Crippen LogP contribution in [0.4, 0.5) is 5.69 Å². The van der Waals surface area contributed by atoms with E-state index in [9.17, 15) is 18.5 Å². The van der Waals surface area contributed by atoms with Crippen molar-refractivity contribution in [1.82, 2.24) is 4.72 Å². The van der Waals surface area contributed by atoms with E-state index in [1.54, 1.807) is 20.8 Å². The van der Waals surface area contributed by atoms with E-state index in [2.05, 4.69) is 4.72 Å². The first-order valence-corrected chi connectivity index (χ1v) is 6.91. The molecule has 0 saturated heterocycles. The van der Waals surface area contributed by atoms with Crippen molar-refractivity contribution in [3.63, 3.8) is 0 Å². The van der Waals surface area contributed by atoms with Crippen molar-refractivity contribution in [3.05, 3.63) is 28.3 Å². The van der Waals surface area contributed by atoms with E-state index in [0.29, 0.717) is 0 Å². The molecule has 0 aromatic heterocycles. The van der Waals surface area contributed by atoms with E-state index < -0.39 is 26.2 Å². The molecule has 0 heterocycles. The first-order chi connectivity index (χ1) is 8.57. The van der Waals surface area contributed by atoms with Crippen LogP contribution in [0.3, 0.4) is 0 Å². The van der Waals surface area contributed by atoms with Crippen LogP contribution in [0.5, 0.6) is 5.75 Å². The Balaban J connectivity index is 3.38. The third-order valence-corrected chi connectivity index (χ3v) is 3.90. The van der Waals surface area contributed by atoms with Gasteiger partial charge in [0.05, 0.1) is 18.1 Å². The number of hydrogen-bond acceptors (Lipinski definition) is 5. The summed E-state index contributed by atoms with van der Waals surface area (Å²) in [6.07, 6.45) is 0. The maximum Gasteiger partial charge on any atom is 0.293 e. The number of benzene rings is 1. The fraction of sp³-hybridized carbons (Fsp3) is 0.455. The molecule has 0 amide bonds. The van der Waals surface area contributed by atoms with Gasteiger partial charge in [0.2, 0.25) is 10.0 Å². The average Bonchev–Trinajstić information content (AvgIpc) is 2.24.